The summed E-state index contributed by atoms with van der Waals surface area (Å²) >= 11 is 0. The minimum atomic E-state index is -0.276. The first-order valence-corrected chi connectivity index (χ1v) is 10.3. The Labute approximate surface area is 189 Å². The third kappa shape index (κ3) is 6.74. The van der Waals surface area contributed by atoms with E-state index >= 15 is 0 Å². The number of nitrogens with zero attached hydrogens (tertiary/aromatic N) is 1. The van der Waals surface area contributed by atoms with Crippen molar-refractivity contribution in [3.05, 3.63) is 102 Å². The zero-order valence-corrected chi connectivity index (χ0v) is 17.9. The summed E-state index contributed by atoms with van der Waals surface area (Å²) in [5.74, 6) is -0.293. The summed E-state index contributed by atoms with van der Waals surface area (Å²) in [6, 6.07) is 27.6. The van der Waals surface area contributed by atoms with Gasteiger partial charge in [0, 0.05) is 0 Å². The van der Waals surface area contributed by atoms with Crippen LogP contribution in [0.4, 0.5) is 5.69 Å². The van der Waals surface area contributed by atoms with Gasteiger partial charge in [-0.15, -0.1) is 0 Å². The Hall–Kier alpha value is -4.05. The molecule has 0 radical (unpaired) electrons. The van der Waals surface area contributed by atoms with E-state index in [1.165, 1.54) is 7.12 Å². The van der Waals surface area contributed by atoms with E-state index in [1.54, 1.807) is 13.3 Å². The number of hydrogen-bond acceptors (Lipinski definition) is 5. The fourth-order valence-corrected chi connectivity index (χ4v) is 3.36. The molecule has 0 aliphatic carbocycles. The number of benzene rings is 3. The van der Waals surface area contributed by atoms with E-state index in [4.69, 9.17) is 5.26 Å². The van der Waals surface area contributed by atoms with Crippen molar-refractivity contribution in [2.45, 2.75) is 18.9 Å². The molecule has 0 spiro atoms. The van der Waals surface area contributed by atoms with Gasteiger partial charge in [0.05, 0.1) is 0 Å². The van der Waals surface area contributed by atoms with Crippen molar-refractivity contribution < 1.29 is 9.45 Å². The van der Waals surface area contributed by atoms with Crippen molar-refractivity contribution in [2.24, 2.45) is 0 Å². The molecule has 0 aliphatic rings. The molecule has 3 aromatic rings. The fourth-order valence-electron chi connectivity index (χ4n) is 3.36. The third-order valence-corrected chi connectivity index (χ3v) is 4.97. The minimum absolute atomic E-state index is 0.0170. The van der Waals surface area contributed by atoms with Gasteiger partial charge in [-0.3, -0.25) is 0 Å². The molecular formula is C25H25BN4O2. The quantitative estimate of drug-likeness (QED) is 0.344. The van der Waals surface area contributed by atoms with Gasteiger partial charge in [-0.25, -0.2) is 0 Å². The Kier molecular flexibility index (Phi) is 8.46. The Morgan fingerprint density at radius 3 is 2.38 bits per heavy atom. The maximum absolute atomic E-state index is 13.2. The summed E-state index contributed by atoms with van der Waals surface area (Å²) in [6.07, 6.45) is 2.23. The average molecular weight is 424 g/mol. The van der Waals surface area contributed by atoms with Crippen molar-refractivity contribution in [1.29, 1.82) is 5.26 Å². The number of carbonyl (C=O) groups is 1. The molecule has 7 heteroatoms. The standard InChI is InChI=1S/C25H25BN4O2/c1-28-25(26-32-18-27)30-22-14-8-11-20(15-22)17-29-24(31)23(21-12-6-3-7-13-21)16-19-9-4-2-5-10-19/h2-15,23,28,30H,16-17H2,1H3,(H,29,31). The molecule has 3 rings (SSSR count). The normalized spacial score (nSPS) is 11.4. The first-order chi connectivity index (χ1) is 15.7. The second kappa shape index (κ2) is 12.0. The number of amides is 1. The van der Waals surface area contributed by atoms with E-state index in [2.05, 4.69) is 20.6 Å². The van der Waals surface area contributed by atoms with Crippen LogP contribution in [0.2, 0.25) is 0 Å². The third-order valence-electron chi connectivity index (χ3n) is 4.97. The van der Waals surface area contributed by atoms with Crippen LogP contribution in [0.1, 0.15) is 22.6 Å². The predicted molar refractivity (Wildman–Crippen MR) is 128 cm³/mol. The van der Waals surface area contributed by atoms with Crippen LogP contribution in [0.5, 0.6) is 0 Å². The van der Waals surface area contributed by atoms with E-state index in [9.17, 15) is 4.79 Å². The molecule has 0 saturated carbocycles. The SMILES string of the molecule is CNC(=BOC#N)Nc1cccc(CNC(=O)C(Cc2ccccc2)c2ccccc2)c1. The number of nitrogens with one attached hydrogen (secondary N) is 3. The number of nitriles is 1. The summed E-state index contributed by atoms with van der Waals surface area (Å²) in [4.78, 5) is 13.2. The van der Waals surface area contributed by atoms with Gasteiger partial charge in [0.1, 0.15) is 0 Å². The molecule has 6 nitrogen and oxygen atoms in total. The molecular weight excluding hydrogens is 399 g/mol. The summed E-state index contributed by atoms with van der Waals surface area (Å²) in [7, 11) is 3.02. The molecule has 3 N–H and O–H groups in total. The first-order valence-electron chi connectivity index (χ1n) is 10.3. The van der Waals surface area contributed by atoms with Crippen LogP contribution in [0.3, 0.4) is 0 Å². The first kappa shape index (κ1) is 22.6. The van der Waals surface area contributed by atoms with Gasteiger partial charge < -0.3 is 0 Å². The summed E-state index contributed by atoms with van der Waals surface area (Å²) in [6.45, 7) is 0.403. The van der Waals surface area contributed by atoms with Gasteiger partial charge in [0.25, 0.3) is 0 Å². The van der Waals surface area contributed by atoms with Crippen LogP contribution < -0.4 is 16.0 Å². The van der Waals surface area contributed by atoms with Gasteiger partial charge in [0.2, 0.25) is 0 Å². The van der Waals surface area contributed by atoms with Crippen LogP contribution in [0.25, 0.3) is 0 Å². The van der Waals surface area contributed by atoms with Crippen LogP contribution in [-0.2, 0) is 22.4 Å². The second-order valence-electron chi connectivity index (χ2n) is 7.19. The van der Waals surface area contributed by atoms with Crippen molar-refractivity contribution in [2.75, 3.05) is 12.4 Å². The van der Waals surface area contributed by atoms with Gasteiger partial charge in [-0.1, -0.05) is 24.3 Å². The Morgan fingerprint density at radius 2 is 1.69 bits per heavy atom. The Morgan fingerprint density at radius 1 is 1.00 bits per heavy atom. The topological polar surface area (TPSA) is 86.2 Å². The summed E-state index contributed by atoms with van der Waals surface area (Å²) < 4.78 is 4.65. The van der Waals surface area contributed by atoms with E-state index in [0.29, 0.717) is 18.7 Å². The van der Waals surface area contributed by atoms with Crippen LogP contribution >= 0.6 is 0 Å². The molecule has 0 fully saturated rings. The molecule has 160 valence electrons. The number of hydrogen-bond donors (Lipinski definition) is 3. The van der Waals surface area contributed by atoms with Gasteiger partial charge in [-0.05, 0) is 0 Å². The fraction of sp³-hybridized carbons (Fsp3) is 0.160. The van der Waals surface area contributed by atoms with Gasteiger partial charge in [-0.2, -0.15) is 0 Å². The maximum atomic E-state index is 13.2. The number of carbonyl (C=O) groups excluding carboxylic acids is 1. The molecule has 0 bridgehead atoms. The second-order valence-corrected chi connectivity index (χ2v) is 7.19. The zero-order valence-electron chi connectivity index (χ0n) is 17.9. The summed E-state index contributed by atoms with van der Waals surface area (Å²) in [5, 5.41) is 17.7. The average Bonchev–Trinajstić information content (AvgIpc) is 2.85. The van der Waals surface area contributed by atoms with Crippen molar-refractivity contribution in [3.8, 4) is 6.26 Å². The predicted octanol–water partition coefficient (Wildman–Crippen LogP) is 3.16. The van der Waals surface area contributed by atoms with Crippen LogP contribution in [-0.4, -0.2) is 25.8 Å². The molecule has 1 amide bonds. The van der Waals surface area contributed by atoms with E-state index in [1.807, 2.05) is 84.9 Å². The van der Waals surface area contributed by atoms with Crippen molar-refractivity contribution in [1.82, 2.24) is 10.6 Å². The molecule has 1 unspecified atom stereocenters. The van der Waals surface area contributed by atoms with Gasteiger partial charge in [0.15, 0.2) is 0 Å². The number of rotatable bonds is 10. The van der Waals surface area contributed by atoms with Crippen LogP contribution in [0, 0.1) is 11.5 Å². The van der Waals surface area contributed by atoms with E-state index < -0.39 is 0 Å². The van der Waals surface area contributed by atoms with Crippen molar-refractivity contribution >= 4 is 24.4 Å². The molecule has 0 aliphatic heterocycles. The molecule has 32 heavy (non-hydrogen) atoms. The van der Waals surface area contributed by atoms with E-state index in [0.717, 1.165) is 22.4 Å². The number of anilines is 1. The molecule has 0 aromatic heterocycles. The molecule has 0 heterocycles. The van der Waals surface area contributed by atoms with Crippen molar-refractivity contribution in [3.63, 3.8) is 0 Å². The molecule has 3 aromatic carbocycles. The Bertz CT molecular complexity index is 1080. The molecule has 1 atom stereocenters. The van der Waals surface area contributed by atoms with E-state index in [-0.39, 0.29) is 11.8 Å². The van der Waals surface area contributed by atoms with Crippen LogP contribution in [0.15, 0.2) is 84.9 Å². The Balaban J connectivity index is 1.69. The summed E-state index contributed by atoms with van der Waals surface area (Å²) in [5.41, 5.74) is 4.41. The van der Waals surface area contributed by atoms with Gasteiger partial charge >= 0.3 is 165 Å². The molecule has 0 saturated heterocycles. The zero-order chi connectivity index (χ0) is 22.6. The monoisotopic (exact) mass is 424 g/mol.